The van der Waals surface area contributed by atoms with Crippen molar-refractivity contribution in [1.29, 1.82) is 0 Å². The highest BCUT2D eigenvalue weighted by molar-refractivity contribution is 5.85. The predicted octanol–water partition coefficient (Wildman–Crippen LogP) is 0.858. The second kappa shape index (κ2) is 5.36. The number of primary amides is 1. The van der Waals surface area contributed by atoms with Gasteiger partial charge in [-0.3, -0.25) is 4.79 Å². The second-order valence-corrected chi connectivity index (χ2v) is 5.54. The van der Waals surface area contributed by atoms with Gasteiger partial charge in [-0.2, -0.15) is 0 Å². The Labute approximate surface area is 104 Å². The van der Waals surface area contributed by atoms with Crippen LogP contribution in [-0.2, 0) is 4.79 Å². The topological polar surface area (TPSA) is 58.4 Å². The lowest BCUT2D eigenvalue weighted by atomic mass is 9.96. The van der Waals surface area contributed by atoms with Gasteiger partial charge in [-0.05, 0) is 52.2 Å². The van der Waals surface area contributed by atoms with Gasteiger partial charge < -0.3 is 16.0 Å². The number of nitrogens with one attached hydrogen (secondary N) is 1. The third kappa shape index (κ3) is 2.63. The molecule has 17 heavy (non-hydrogen) atoms. The summed E-state index contributed by atoms with van der Waals surface area (Å²) in [6, 6.07) is 0.549. The number of likely N-dealkylation sites (N-methyl/N-ethyl adjacent to an activating group) is 1. The fourth-order valence-electron chi connectivity index (χ4n) is 3.37. The van der Waals surface area contributed by atoms with Crippen LogP contribution >= 0.6 is 0 Å². The SMILES string of the molecule is CNC1(C(N)=O)CCC(N2CCCCCC2)C1. The molecule has 1 heterocycles. The number of hydrogen-bond donors (Lipinski definition) is 2. The minimum Gasteiger partial charge on any atom is -0.368 e. The average molecular weight is 239 g/mol. The van der Waals surface area contributed by atoms with Gasteiger partial charge in [0.2, 0.25) is 5.91 Å². The molecule has 98 valence electrons. The van der Waals surface area contributed by atoms with E-state index >= 15 is 0 Å². The third-order valence-electron chi connectivity index (χ3n) is 4.60. The first-order valence-electron chi connectivity index (χ1n) is 6.91. The van der Waals surface area contributed by atoms with Gasteiger partial charge in [0, 0.05) is 6.04 Å². The van der Waals surface area contributed by atoms with Crippen LogP contribution in [0.2, 0.25) is 0 Å². The summed E-state index contributed by atoms with van der Waals surface area (Å²) in [4.78, 5) is 14.2. The van der Waals surface area contributed by atoms with Crippen molar-refractivity contribution in [2.24, 2.45) is 5.73 Å². The van der Waals surface area contributed by atoms with E-state index in [1.807, 2.05) is 7.05 Å². The molecule has 0 aromatic heterocycles. The molecule has 0 spiro atoms. The number of likely N-dealkylation sites (tertiary alicyclic amines) is 1. The molecule has 0 aromatic rings. The Hall–Kier alpha value is -0.610. The minimum absolute atomic E-state index is 0.183. The highest BCUT2D eigenvalue weighted by Gasteiger charge is 2.44. The molecule has 2 fully saturated rings. The van der Waals surface area contributed by atoms with Crippen LogP contribution in [0.25, 0.3) is 0 Å². The zero-order valence-corrected chi connectivity index (χ0v) is 10.9. The van der Waals surface area contributed by atoms with Crippen LogP contribution in [0.3, 0.4) is 0 Å². The van der Waals surface area contributed by atoms with Gasteiger partial charge >= 0.3 is 0 Å². The maximum absolute atomic E-state index is 11.6. The van der Waals surface area contributed by atoms with Gasteiger partial charge in [0.15, 0.2) is 0 Å². The first kappa shape index (κ1) is 12.8. The lowest BCUT2D eigenvalue weighted by Crippen LogP contribution is -2.53. The monoisotopic (exact) mass is 239 g/mol. The molecule has 0 bridgehead atoms. The molecular weight excluding hydrogens is 214 g/mol. The van der Waals surface area contributed by atoms with Crippen LogP contribution in [-0.4, -0.2) is 42.5 Å². The molecular formula is C13H25N3O. The molecule has 2 atom stereocenters. The van der Waals surface area contributed by atoms with Crippen molar-refractivity contribution >= 4 is 5.91 Å². The van der Waals surface area contributed by atoms with E-state index in [9.17, 15) is 4.79 Å². The number of nitrogens with zero attached hydrogens (tertiary/aromatic N) is 1. The molecule has 0 aromatic carbocycles. The van der Waals surface area contributed by atoms with Gasteiger partial charge in [0.25, 0.3) is 0 Å². The normalized spacial score (nSPS) is 35.7. The van der Waals surface area contributed by atoms with Crippen molar-refractivity contribution in [3.63, 3.8) is 0 Å². The minimum atomic E-state index is -0.447. The van der Waals surface area contributed by atoms with Crippen LogP contribution in [0.15, 0.2) is 0 Å². The fraction of sp³-hybridized carbons (Fsp3) is 0.923. The van der Waals surface area contributed by atoms with Crippen molar-refractivity contribution in [3.05, 3.63) is 0 Å². The molecule has 1 amide bonds. The summed E-state index contributed by atoms with van der Waals surface area (Å²) in [6.07, 6.45) is 8.20. The highest BCUT2D eigenvalue weighted by atomic mass is 16.1. The first-order valence-corrected chi connectivity index (χ1v) is 6.91. The molecule has 4 nitrogen and oxygen atoms in total. The van der Waals surface area contributed by atoms with Crippen molar-refractivity contribution in [1.82, 2.24) is 10.2 Å². The largest absolute Gasteiger partial charge is 0.368 e. The standard InChI is InChI=1S/C13H25N3O/c1-15-13(12(14)17)7-6-11(10-13)16-8-4-2-3-5-9-16/h11,15H,2-10H2,1H3,(H2,14,17). The number of amides is 1. The van der Waals surface area contributed by atoms with E-state index in [-0.39, 0.29) is 5.91 Å². The highest BCUT2D eigenvalue weighted by Crippen LogP contribution is 2.33. The Kier molecular flexibility index (Phi) is 4.05. The molecule has 1 aliphatic heterocycles. The first-order chi connectivity index (χ1) is 8.18. The van der Waals surface area contributed by atoms with E-state index in [4.69, 9.17) is 5.73 Å². The summed E-state index contributed by atoms with van der Waals surface area (Å²) in [7, 11) is 1.86. The summed E-state index contributed by atoms with van der Waals surface area (Å²) in [5, 5.41) is 3.16. The Morgan fingerprint density at radius 1 is 1.29 bits per heavy atom. The number of hydrogen-bond acceptors (Lipinski definition) is 3. The summed E-state index contributed by atoms with van der Waals surface area (Å²) in [5.41, 5.74) is 5.10. The van der Waals surface area contributed by atoms with E-state index in [2.05, 4.69) is 10.2 Å². The summed E-state index contributed by atoms with van der Waals surface area (Å²) < 4.78 is 0. The molecule has 4 heteroatoms. The molecule has 1 saturated heterocycles. The molecule has 1 saturated carbocycles. The van der Waals surface area contributed by atoms with Crippen LogP contribution in [0.1, 0.15) is 44.9 Å². The summed E-state index contributed by atoms with van der Waals surface area (Å²) in [5.74, 6) is -0.183. The summed E-state index contributed by atoms with van der Waals surface area (Å²) >= 11 is 0. The van der Waals surface area contributed by atoms with Crippen LogP contribution in [0.4, 0.5) is 0 Å². The predicted molar refractivity (Wildman–Crippen MR) is 68.7 cm³/mol. The van der Waals surface area contributed by atoms with Gasteiger partial charge in [-0.15, -0.1) is 0 Å². The quantitative estimate of drug-likeness (QED) is 0.768. The Bertz CT molecular complexity index is 274. The van der Waals surface area contributed by atoms with Gasteiger partial charge in [0.1, 0.15) is 0 Å². The van der Waals surface area contributed by atoms with Gasteiger partial charge in [-0.25, -0.2) is 0 Å². The third-order valence-corrected chi connectivity index (χ3v) is 4.60. The van der Waals surface area contributed by atoms with E-state index < -0.39 is 5.54 Å². The number of rotatable bonds is 3. The average Bonchev–Trinajstić information content (AvgIpc) is 2.59. The molecule has 2 aliphatic rings. The van der Waals surface area contributed by atoms with E-state index in [1.165, 1.54) is 38.8 Å². The number of carbonyl (C=O) groups excluding carboxylic acids is 1. The molecule has 2 rings (SSSR count). The Balaban J connectivity index is 1.98. The lowest BCUT2D eigenvalue weighted by molar-refractivity contribution is -0.124. The Morgan fingerprint density at radius 2 is 1.94 bits per heavy atom. The molecule has 0 radical (unpaired) electrons. The zero-order valence-electron chi connectivity index (χ0n) is 10.9. The lowest BCUT2D eigenvalue weighted by Gasteiger charge is -2.30. The van der Waals surface area contributed by atoms with Crippen molar-refractivity contribution in [3.8, 4) is 0 Å². The van der Waals surface area contributed by atoms with E-state index in [1.54, 1.807) is 0 Å². The zero-order chi connectivity index (χ0) is 12.3. The van der Waals surface area contributed by atoms with Crippen molar-refractivity contribution in [2.45, 2.75) is 56.5 Å². The Morgan fingerprint density at radius 3 is 2.41 bits per heavy atom. The number of nitrogens with two attached hydrogens (primary N) is 1. The van der Waals surface area contributed by atoms with Crippen LogP contribution in [0, 0.1) is 0 Å². The fourth-order valence-corrected chi connectivity index (χ4v) is 3.37. The molecule has 2 unspecified atom stereocenters. The maximum Gasteiger partial charge on any atom is 0.237 e. The molecule has 3 N–H and O–H groups in total. The summed E-state index contributed by atoms with van der Waals surface area (Å²) in [6.45, 7) is 2.40. The maximum atomic E-state index is 11.6. The van der Waals surface area contributed by atoms with Gasteiger partial charge in [-0.1, -0.05) is 12.8 Å². The smallest absolute Gasteiger partial charge is 0.237 e. The van der Waals surface area contributed by atoms with Crippen molar-refractivity contribution < 1.29 is 4.79 Å². The van der Waals surface area contributed by atoms with Gasteiger partial charge in [0.05, 0.1) is 5.54 Å². The van der Waals surface area contributed by atoms with Crippen molar-refractivity contribution in [2.75, 3.05) is 20.1 Å². The van der Waals surface area contributed by atoms with E-state index in [0.29, 0.717) is 6.04 Å². The second-order valence-electron chi connectivity index (χ2n) is 5.54. The van der Waals surface area contributed by atoms with Crippen LogP contribution in [0.5, 0.6) is 0 Å². The number of carbonyl (C=O) groups is 1. The molecule has 1 aliphatic carbocycles. The van der Waals surface area contributed by atoms with E-state index in [0.717, 1.165) is 19.3 Å². The van der Waals surface area contributed by atoms with Crippen LogP contribution < -0.4 is 11.1 Å².